The number of hydrazine groups is 1. The van der Waals surface area contributed by atoms with Crippen molar-refractivity contribution >= 4 is 11.7 Å². The molecule has 3 atom stereocenters. The molecule has 1 aliphatic rings. The van der Waals surface area contributed by atoms with Gasteiger partial charge in [-0.05, 0) is 6.92 Å². The molecule has 0 radical (unpaired) electrons. The second kappa shape index (κ2) is 6.21. The van der Waals surface area contributed by atoms with Gasteiger partial charge in [0.05, 0.1) is 6.04 Å². The number of amides is 1. The van der Waals surface area contributed by atoms with Crippen molar-refractivity contribution in [1.82, 2.24) is 15.8 Å². The minimum Gasteiger partial charge on any atom is -0.300 e. The molecule has 1 heterocycles. The van der Waals surface area contributed by atoms with E-state index in [-0.39, 0.29) is 6.42 Å². The van der Waals surface area contributed by atoms with E-state index in [1.165, 1.54) is 0 Å². The monoisotopic (exact) mass is 296 g/mol. The molecular weight excluding hydrogens is 280 g/mol. The molecule has 0 aliphatic carbocycles. The number of carbonyl (C=O) groups excluding carboxylic acids is 1. The Labute approximate surface area is 113 Å². The Kier molecular flexibility index (Phi) is 5.09. The normalized spacial score (nSPS) is 27.3. The first-order valence-corrected chi connectivity index (χ1v) is 5.87. The minimum absolute atomic E-state index is 0.0825. The van der Waals surface area contributed by atoms with E-state index in [1.807, 2.05) is 5.43 Å². The Bertz CT molecular complexity index is 400. The molecule has 1 fully saturated rings. The summed E-state index contributed by atoms with van der Waals surface area (Å²) >= 11 is 0. The maximum Gasteiger partial charge on any atom is 0.451 e. The zero-order valence-electron chi connectivity index (χ0n) is 11.0. The highest BCUT2D eigenvalue weighted by Crippen LogP contribution is 2.20. The standard InChI is InChI=1S/C11H16F4N4O/c1-4-16-10(11(13,14)15)19(3)18-9(20)8-5-7(12)6(2)17-8/h4,6-8,17H,1,5H2,2-3H3,(H,18,20)/b16-10-/t6-,7+,8-/m0/s1. The maximum atomic E-state index is 13.3. The molecule has 0 bridgehead atoms. The van der Waals surface area contributed by atoms with E-state index in [0.29, 0.717) is 5.01 Å². The van der Waals surface area contributed by atoms with Crippen LogP contribution in [0.5, 0.6) is 0 Å². The fourth-order valence-corrected chi connectivity index (χ4v) is 1.83. The lowest BCUT2D eigenvalue weighted by atomic mass is 10.2. The average molecular weight is 296 g/mol. The summed E-state index contributed by atoms with van der Waals surface area (Å²) in [6.45, 7) is 4.64. The summed E-state index contributed by atoms with van der Waals surface area (Å²) in [5.41, 5.74) is 2.02. The maximum absolute atomic E-state index is 13.3. The minimum atomic E-state index is -4.74. The number of amidine groups is 1. The molecule has 0 saturated carbocycles. The first kappa shape index (κ1) is 16.4. The third-order valence-electron chi connectivity index (χ3n) is 2.85. The molecule has 20 heavy (non-hydrogen) atoms. The number of alkyl halides is 4. The van der Waals surface area contributed by atoms with Crippen molar-refractivity contribution in [2.24, 2.45) is 4.99 Å². The second-order valence-electron chi connectivity index (χ2n) is 4.43. The summed E-state index contributed by atoms with van der Waals surface area (Å²) in [6.07, 6.45) is -5.31. The molecule has 0 unspecified atom stereocenters. The zero-order valence-corrected chi connectivity index (χ0v) is 11.0. The number of aliphatic imine (C=N–C) groups is 1. The van der Waals surface area contributed by atoms with Crippen LogP contribution in [0.2, 0.25) is 0 Å². The smallest absolute Gasteiger partial charge is 0.300 e. The number of halogens is 4. The predicted molar refractivity (Wildman–Crippen MR) is 65.5 cm³/mol. The van der Waals surface area contributed by atoms with Crippen molar-refractivity contribution in [3.05, 3.63) is 12.8 Å². The number of nitrogens with one attached hydrogen (secondary N) is 2. The predicted octanol–water partition coefficient (Wildman–Crippen LogP) is 1.14. The molecule has 1 rings (SSSR count). The summed E-state index contributed by atoms with van der Waals surface area (Å²) in [4.78, 5) is 14.8. The lowest BCUT2D eigenvalue weighted by Crippen LogP contribution is -2.53. The van der Waals surface area contributed by atoms with Gasteiger partial charge in [0.15, 0.2) is 0 Å². The lowest BCUT2D eigenvalue weighted by molar-refractivity contribution is -0.126. The highest BCUT2D eigenvalue weighted by atomic mass is 19.4. The number of hydrogen-bond donors (Lipinski definition) is 2. The SMILES string of the molecule is C=C/N=C(\N(C)NC(=O)[C@@H]1C[C@@H](F)[C@H](C)N1)C(F)(F)F. The highest BCUT2D eigenvalue weighted by Gasteiger charge is 2.40. The molecule has 5 nitrogen and oxygen atoms in total. The molecule has 0 aromatic carbocycles. The zero-order chi connectivity index (χ0) is 15.5. The van der Waals surface area contributed by atoms with Gasteiger partial charge in [0.1, 0.15) is 6.17 Å². The van der Waals surface area contributed by atoms with Crippen LogP contribution in [0, 0.1) is 0 Å². The van der Waals surface area contributed by atoms with Gasteiger partial charge in [0, 0.05) is 25.7 Å². The van der Waals surface area contributed by atoms with Gasteiger partial charge < -0.3 is 5.32 Å². The van der Waals surface area contributed by atoms with Crippen LogP contribution in [0.25, 0.3) is 0 Å². The van der Waals surface area contributed by atoms with Crippen LogP contribution in [0.4, 0.5) is 17.6 Å². The Morgan fingerprint density at radius 3 is 2.55 bits per heavy atom. The van der Waals surface area contributed by atoms with Crippen molar-refractivity contribution in [2.45, 2.75) is 37.8 Å². The molecule has 114 valence electrons. The molecule has 1 amide bonds. The Morgan fingerprint density at radius 2 is 2.15 bits per heavy atom. The van der Waals surface area contributed by atoms with Gasteiger partial charge in [-0.25, -0.2) is 9.38 Å². The number of hydrogen-bond acceptors (Lipinski definition) is 3. The van der Waals surface area contributed by atoms with E-state index >= 15 is 0 Å². The van der Waals surface area contributed by atoms with Gasteiger partial charge in [-0.15, -0.1) is 0 Å². The van der Waals surface area contributed by atoms with E-state index in [4.69, 9.17) is 0 Å². The quantitative estimate of drug-likeness (QED) is 0.348. The molecule has 1 aliphatic heterocycles. The van der Waals surface area contributed by atoms with Gasteiger partial charge in [0.2, 0.25) is 5.84 Å². The lowest BCUT2D eigenvalue weighted by Gasteiger charge is -2.24. The van der Waals surface area contributed by atoms with Crippen molar-refractivity contribution in [1.29, 1.82) is 0 Å². The number of rotatable bonds is 2. The number of nitrogens with zero attached hydrogens (tertiary/aromatic N) is 2. The van der Waals surface area contributed by atoms with Gasteiger partial charge in [-0.1, -0.05) is 6.58 Å². The highest BCUT2D eigenvalue weighted by molar-refractivity contribution is 5.91. The van der Waals surface area contributed by atoms with E-state index in [1.54, 1.807) is 6.92 Å². The summed E-state index contributed by atoms with van der Waals surface area (Å²) in [6, 6.07) is -1.39. The summed E-state index contributed by atoms with van der Waals surface area (Å²) < 4.78 is 51.2. The molecule has 1 saturated heterocycles. The van der Waals surface area contributed by atoms with Gasteiger partial charge >= 0.3 is 6.18 Å². The molecular formula is C11H16F4N4O. The Balaban J connectivity index is 2.70. The van der Waals surface area contributed by atoms with Crippen molar-refractivity contribution in [3.63, 3.8) is 0 Å². The molecule has 0 aromatic heterocycles. The largest absolute Gasteiger partial charge is 0.451 e. The third-order valence-corrected chi connectivity index (χ3v) is 2.85. The summed E-state index contributed by atoms with van der Waals surface area (Å²) in [7, 11) is 0.999. The van der Waals surface area contributed by atoms with Gasteiger partial charge in [-0.2, -0.15) is 13.2 Å². The molecule has 0 aromatic rings. The fraction of sp³-hybridized carbons (Fsp3) is 0.636. The van der Waals surface area contributed by atoms with E-state index < -0.39 is 36.2 Å². The van der Waals surface area contributed by atoms with Crippen LogP contribution in [-0.2, 0) is 4.79 Å². The van der Waals surface area contributed by atoms with Gasteiger partial charge in [-0.3, -0.25) is 15.2 Å². The van der Waals surface area contributed by atoms with Crippen molar-refractivity contribution < 1.29 is 22.4 Å². The number of carbonyl (C=O) groups is 1. The molecule has 9 heteroatoms. The Morgan fingerprint density at radius 1 is 1.55 bits per heavy atom. The van der Waals surface area contributed by atoms with E-state index in [0.717, 1.165) is 13.2 Å². The van der Waals surface area contributed by atoms with Crippen LogP contribution in [0.3, 0.4) is 0 Å². The second-order valence-corrected chi connectivity index (χ2v) is 4.43. The van der Waals surface area contributed by atoms with Crippen LogP contribution in [0.1, 0.15) is 13.3 Å². The van der Waals surface area contributed by atoms with Crippen molar-refractivity contribution in [3.8, 4) is 0 Å². The summed E-state index contributed by atoms with van der Waals surface area (Å²) in [5, 5.41) is 3.11. The fourth-order valence-electron chi connectivity index (χ4n) is 1.83. The van der Waals surface area contributed by atoms with Crippen LogP contribution in [-0.4, -0.2) is 48.2 Å². The first-order chi connectivity index (χ1) is 9.16. The van der Waals surface area contributed by atoms with E-state index in [2.05, 4.69) is 16.9 Å². The topological polar surface area (TPSA) is 56.7 Å². The summed E-state index contributed by atoms with van der Waals surface area (Å²) in [5.74, 6) is -2.07. The first-order valence-electron chi connectivity index (χ1n) is 5.87. The molecule has 2 N–H and O–H groups in total. The van der Waals surface area contributed by atoms with Crippen LogP contribution < -0.4 is 10.7 Å². The van der Waals surface area contributed by atoms with Crippen LogP contribution >= 0.6 is 0 Å². The average Bonchev–Trinajstić information content (AvgIpc) is 2.65. The van der Waals surface area contributed by atoms with Crippen LogP contribution in [0.15, 0.2) is 17.8 Å². The van der Waals surface area contributed by atoms with E-state index in [9.17, 15) is 22.4 Å². The van der Waals surface area contributed by atoms with Gasteiger partial charge in [0.25, 0.3) is 5.91 Å². The Hall–Kier alpha value is -1.64. The molecule has 0 spiro atoms. The van der Waals surface area contributed by atoms with Crippen molar-refractivity contribution in [2.75, 3.05) is 7.05 Å². The third kappa shape index (κ3) is 3.92.